The topological polar surface area (TPSA) is 97.0 Å². The minimum atomic E-state index is -0.490. The number of ketones is 1. The van der Waals surface area contributed by atoms with Gasteiger partial charge < -0.3 is 14.2 Å². The summed E-state index contributed by atoms with van der Waals surface area (Å²) in [5.74, 6) is 1.69. The molecule has 0 saturated carbocycles. The van der Waals surface area contributed by atoms with Gasteiger partial charge >= 0.3 is 5.69 Å². The zero-order chi connectivity index (χ0) is 24.5. The third-order valence-electron chi connectivity index (χ3n) is 5.80. The number of Topliss-reactive ketones (excluding diaryl/α,β-unsaturated/α-hetero) is 1. The largest absolute Gasteiger partial charge is 0.497 e. The van der Waals surface area contributed by atoms with Crippen molar-refractivity contribution in [2.45, 2.75) is 6.54 Å². The molecule has 0 aliphatic rings. The summed E-state index contributed by atoms with van der Waals surface area (Å²) in [6, 6.07) is 19.5. The number of hydrogen-bond acceptors (Lipinski definition) is 7. The van der Waals surface area contributed by atoms with Gasteiger partial charge in [-0.15, -0.1) is 5.10 Å². The molecular weight excluding hydrogens is 448 g/mol. The highest BCUT2D eigenvalue weighted by Crippen LogP contribution is 2.33. The van der Waals surface area contributed by atoms with Crippen LogP contribution < -0.4 is 19.9 Å². The summed E-state index contributed by atoms with van der Waals surface area (Å²) in [6.45, 7) is -0.201. The Labute approximate surface area is 200 Å². The molecule has 0 saturated heterocycles. The van der Waals surface area contributed by atoms with Gasteiger partial charge in [-0.25, -0.2) is 9.78 Å². The van der Waals surface area contributed by atoms with Gasteiger partial charge in [0.05, 0.1) is 33.4 Å². The molecule has 0 radical (unpaired) electrons. The van der Waals surface area contributed by atoms with Crippen molar-refractivity contribution < 1.29 is 19.0 Å². The van der Waals surface area contributed by atoms with Gasteiger partial charge in [0, 0.05) is 22.6 Å². The number of methoxy groups -OCH3 is 3. The highest BCUT2D eigenvalue weighted by Gasteiger charge is 2.20. The molecule has 0 unspecified atom stereocenters. The van der Waals surface area contributed by atoms with Crippen molar-refractivity contribution in [1.29, 1.82) is 0 Å². The molecule has 0 aliphatic heterocycles. The lowest BCUT2D eigenvalue weighted by atomic mass is 10.1. The third kappa shape index (κ3) is 3.86. The molecule has 5 aromatic rings. The first-order valence-electron chi connectivity index (χ1n) is 10.8. The highest BCUT2D eigenvalue weighted by atomic mass is 16.5. The number of hydrogen-bond donors (Lipinski definition) is 0. The maximum absolute atomic E-state index is 13.6. The number of rotatable bonds is 7. The Morgan fingerprint density at radius 2 is 1.57 bits per heavy atom. The standard InChI is InChI=1S/C26H22N4O5/c1-33-18-11-9-16(10-12-18)21(31)15-29-20-14-23(35-3)22(34-2)13-19(20)25-27-24(28-30(25)26(29)32)17-7-5-4-6-8-17/h4-14H,15H2,1-3H3. The average molecular weight is 470 g/mol. The molecule has 5 rings (SSSR count). The van der Waals surface area contributed by atoms with Crippen LogP contribution in [-0.4, -0.2) is 46.3 Å². The molecule has 0 fully saturated rings. The van der Waals surface area contributed by atoms with Gasteiger partial charge in [-0.05, 0) is 30.3 Å². The van der Waals surface area contributed by atoms with E-state index in [9.17, 15) is 9.59 Å². The van der Waals surface area contributed by atoms with Gasteiger partial charge in [-0.1, -0.05) is 30.3 Å². The van der Waals surface area contributed by atoms with Crippen LogP contribution in [0.25, 0.3) is 27.9 Å². The minimum absolute atomic E-state index is 0.201. The fourth-order valence-corrected chi connectivity index (χ4v) is 3.98. The fraction of sp³-hybridized carbons (Fsp3) is 0.154. The molecule has 176 valence electrons. The smallest absolute Gasteiger partial charge is 0.351 e. The third-order valence-corrected chi connectivity index (χ3v) is 5.80. The predicted molar refractivity (Wildman–Crippen MR) is 131 cm³/mol. The maximum Gasteiger partial charge on any atom is 0.351 e. The summed E-state index contributed by atoms with van der Waals surface area (Å²) in [5.41, 5.74) is 1.57. The summed E-state index contributed by atoms with van der Waals surface area (Å²) in [7, 11) is 4.60. The van der Waals surface area contributed by atoms with Crippen LogP contribution in [-0.2, 0) is 6.54 Å². The average Bonchev–Trinajstić information content (AvgIpc) is 3.36. The van der Waals surface area contributed by atoms with Gasteiger partial charge in [-0.2, -0.15) is 4.52 Å². The SMILES string of the molecule is COc1ccc(C(=O)Cn2c(=O)n3nc(-c4ccccc4)nc3c3cc(OC)c(OC)cc32)cc1. The first-order valence-corrected chi connectivity index (χ1v) is 10.8. The number of carbonyl (C=O) groups excluding carboxylic acids is 1. The molecule has 0 atom stereocenters. The molecule has 2 aromatic heterocycles. The number of ether oxygens (including phenoxy) is 3. The molecule has 0 aliphatic carbocycles. The van der Waals surface area contributed by atoms with Crippen LogP contribution in [0.3, 0.4) is 0 Å². The van der Waals surface area contributed by atoms with E-state index in [1.54, 1.807) is 43.5 Å². The monoisotopic (exact) mass is 470 g/mol. The Morgan fingerprint density at radius 3 is 2.23 bits per heavy atom. The van der Waals surface area contributed by atoms with Crippen LogP contribution >= 0.6 is 0 Å². The van der Waals surface area contributed by atoms with Crippen LogP contribution in [0.15, 0.2) is 71.5 Å². The molecule has 3 aromatic carbocycles. The van der Waals surface area contributed by atoms with Crippen molar-refractivity contribution in [3.05, 3.63) is 82.8 Å². The normalized spacial score (nSPS) is 11.1. The second-order valence-corrected chi connectivity index (χ2v) is 7.78. The molecule has 9 heteroatoms. The van der Waals surface area contributed by atoms with Crippen LogP contribution in [0.4, 0.5) is 0 Å². The molecule has 0 spiro atoms. The van der Waals surface area contributed by atoms with Crippen LogP contribution in [0.5, 0.6) is 17.2 Å². The Hall–Kier alpha value is -4.66. The lowest BCUT2D eigenvalue weighted by molar-refractivity contribution is 0.0971. The zero-order valence-electron chi connectivity index (χ0n) is 19.4. The molecule has 35 heavy (non-hydrogen) atoms. The zero-order valence-corrected chi connectivity index (χ0v) is 19.4. The van der Waals surface area contributed by atoms with E-state index in [1.807, 2.05) is 30.3 Å². The summed E-state index contributed by atoms with van der Waals surface area (Å²) in [6.07, 6.45) is 0. The van der Waals surface area contributed by atoms with Gasteiger partial charge in [0.15, 0.2) is 28.8 Å². The Balaban J connectivity index is 1.73. The van der Waals surface area contributed by atoms with Gasteiger partial charge in [0.25, 0.3) is 0 Å². The van der Waals surface area contributed by atoms with Gasteiger partial charge in [-0.3, -0.25) is 9.36 Å². The van der Waals surface area contributed by atoms with Crippen molar-refractivity contribution in [2.24, 2.45) is 0 Å². The summed E-state index contributed by atoms with van der Waals surface area (Å²) >= 11 is 0. The Kier molecular flexibility index (Phi) is 5.66. The molecular formula is C26H22N4O5. The lowest BCUT2D eigenvalue weighted by Gasteiger charge is -2.14. The number of fused-ring (bicyclic) bond motifs is 3. The van der Waals surface area contributed by atoms with Crippen molar-refractivity contribution in [2.75, 3.05) is 21.3 Å². The van der Waals surface area contributed by atoms with Crippen LogP contribution in [0.2, 0.25) is 0 Å². The second-order valence-electron chi connectivity index (χ2n) is 7.78. The summed E-state index contributed by atoms with van der Waals surface area (Å²) in [5, 5.41) is 5.06. The van der Waals surface area contributed by atoms with E-state index in [4.69, 9.17) is 14.2 Å². The lowest BCUT2D eigenvalue weighted by Crippen LogP contribution is -2.30. The van der Waals surface area contributed by atoms with Crippen LogP contribution in [0.1, 0.15) is 10.4 Å². The van der Waals surface area contributed by atoms with E-state index >= 15 is 0 Å². The number of nitrogens with zero attached hydrogens (tertiary/aromatic N) is 4. The highest BCUT2D eigenvalue weighted by molar-refractivity contribution is 5.98. The van der Waals surface area contributed by atoms with E-state index < -0.39 is 5.69 Å². The van der Waals surface area contributed by atoms with Crippen molar-refractivity contribution in [3.63, 3.8) is 0 Å². The molecule has 9 nitrogen and oxygen atoms in total. The predicted octanol–water partition coefficient (Wildman–Crippen LogP) is 3.62. The van der Waals surface area contributed by atoms with Crippen LogP contribution in [0, 0.1) is 0 Å². The first kappa shape index (κ1) is 22.1. The number of carbonyl (C=O) groups is 1. The fourth-order valence-electron chi connectivity index (χ4n) is 3.98. The molecule has 0 amide bonds. The van der Waals surface area contributed by atoms with Crippen molar-refractivity contribution in [3.8, 4) is 28.6 Å². The summed E-state index contributed by atoms with van der Waals surface area (Å²) < 4.78 is 18.7. The van der Waals surface area contributed by atoms with E-state index in [-0.39, 0.29) is 12.3 Å². The van der Waals surface area contributed by atoms with Gasteiger partial charge in [0.2, 0.25) is 0 Å². The second kappa shape index (κ2) is 8.94. The van der Waals surface area contributed by atoms with Gasteiger partial charge in [0.1, 0.15) is 5.75 Å². The van der Waals surface area contributed by atoms with Crippen molar-refractivity contribution >= 4 is 22.3 Å². The first-order chi connectivity index (χ1) is 17.0. The molecule has 0 N–H and O–H groups in total. The Morgan fingerprint density at radius 1 is 0.886 bits per heavy atom. The minimum Gasteiger partial charge on any atom is -0.497 e. The maximum atomic E-state index is 13.6. The number of aromatic nitrogens is 4. The Bertz CT molecular complexity index is 1610. The quantitative estimate of drug-likeness (QED) is 0.335. The summed E-state index contributed by atoms with van der Waals surface area (Å²) in [4.78, 5) is 31.4. The number of benzene rings is 3. The van der Waals surface area contributed by atoms with E-state index in [1.165, 1.54) is 23.3 Å². The molecule has 2 heterocycles. The van der Waals surface area contributed by atoms with Crippen molar-refractivity contribution in [1.82, 2.24) is 19.2 Å². The molecule has 0 bridgehead atoms. The van der Waals surface area contributed by atoms with E-state index in [0.717, 1.165) is 5.56 Å². The van der Waals surface area contributed by atoms with E-state index in [0.29, 0.717) is 45.2 Å². The van der Waals surface area contributed by atoms with E-state index in [2.05, 4.69) is 10.1 Å².